The van der Waals surface area contributed by atoms with Crippen molar-refractivity contribution in [2.45, 2.75) is 88.9 Å². The normalized spacial score (nSPS) is 25.4. The maximum atomic E-state index is 11.8. The van der Waals surface area contributed by atoms with Gasteiger partial charge in [-0.05, 0) is 34.0 Å². The molecule has 2 heterocycles. The van der Waals surface area contributed by atoms with Gasteiger partial charge < -0.3 is 30.3 Å². The fraction of sp³-hybridized carbons (Fsp3) is 0.412. The summed E-state index contributed by atoms with van der Waals surface area (Å²) in [5.41, 5.74) is 2.76. The van der Waals surface area contributed by atoms with E-state index in [9.17, 15) is 10.2 Å². The van der Waals surface area contributed by atoms with Crippen molar-refractivity contribution in [3.63, 3.8) is 0 Å². The van der Waals surface area contributed by atoms with Gasteiger partial charge >= 0.3 is 0 Å². The summed E-state index contributed by atoms with van der Waals surface area (Å²) in [7, 11) is 0. The number of hydrogen-bond acceptors (Lipinski definition) is 6. The maximum absolute atomic E-state index is 11.8. The van der Waals surface area contributed by atoms with Crippen molar-refractivity contribution in [2.24, 2.45) is 0 Å². The molecule has 6 heteroatoms. The first kappa shape index (κ1) is 25.5. The second-order valence-electron chi connectivity index (χ2n) is 11.7. The Bertz CT molecular complexity index is 1490. The van der Waals surface area contributed by atoms with Gasteiger partial charge in [-0.2, -0.15) is 0 Å². The summed E-state index contributed by atoms with van der Waals surface area (Å²) in [6, 6.07) is 20.5. The Balaban J connectivity index is 1.32. The Morgan fingerprint density at radius 3 is 1.38 bits per heavy atom. The molecule has 0 atom stereocenters. The third-order valence-electron chi connectivity index (χ3n) is 9.87. The van der Waals surface area contributed by atoms with E-state index in [4.69, 9.17) is 9.47 Å². The molecule has 7 rings (SSSR count). The average molecular weight is 539 g/mol. The van der Waals surface area contributed by atoms with E-state index in [0.29, 0.717) is 0 Å². The van der Waals surface area contributed by atoms with E-state index >= 15 is 0 Å². The molecule has 40 heavy (non-hydrogen) atoms. The van der Waals surface area contributed by atoms with Gasteiger partial charge in [0.15, 0.2) is 11.4 Å². The Morgan fingerprint density at radius 1 is 0.600 bits per heavy atom. The molecule has 2 aliphatic heterocycles. The third kappa shape index (κ3) is 3.42. The van der Waals surface area contributed by atoms with Crippen LogP contribution in [0.15, 0.2) is 60.7 Å². The van der Waals surface area contributed by atoms with Gasteiger partial charge in [-0.1, -0.05) is 76.2 Å². The molecule has 1 saturated carbocycles. The van der Waals surface area contributed by atoms with E-state index in [1.165, 1.54) is 0 Å². The summed E-state index contributed by atoms with van der Waals surface area (Å²) in [5.74, 6) is 0.856. The van der Waals surface area contributed by atoms with Crippen molar-refractivity contribution in [3.05, 3.63) is 71.8 Å². The molecular weight excluding hydrogens is 500 g/mol. The van der Waals surface area contributed by atoms with E-state index in [1.54, 1.807) is 0 Å². The fourth-order valence-electron chi connectivity index (χ4n) is 7.23. The molecular formula is C34H38N2O4. The third-order valence-corrected chi connectivity index (χ3v) is 9.87. The van der Waals surface area contributed by atoms with Crippen molar-refractivity contribution in [1.82, 2.24) is 0 Å². The topological polar surface area (TPSA) is 83.0 Å². The van der Waals surface area contributed by atoms with Gasteiger partial charge in [0.05, 0.1) is 23.6 Å². The minimum absolute atomic E-state index is 0.422. The number of benzene rings is 4. The van der Waals surface area contributed by atoms with E-state index in [1.807, 2.05) is 24.3 Å². The number of aliphatic hydroxyl groups is 2. The molecule has 208 valence electrons. The van der Waals surface area contributed by atoms with E-state index < -0.39 is 35.5 Å². The summed E-state index contributed by atoms with van der Waals surface area (Å²) < 4.78 is 13.0. The molecule has 3 aliphatic rings. The Kier molecular flexibility index (Phi) is 5.74. The summed E-state index contributed by atoms with van der Waals surface area (Å²) in [4.78, 5) is 0. The highest BCUT2D eigenvalue weighted by molar-refractivity contribution is 6.03. The molecule has 0 bridgehead atoms. The van der Waals surface area contributed by atoms with Gasteiger partial charge in [0.25, 0.3) is 0 Å². The largest absolute Gasteiger partial charge is 0.467 e. The smallest absolute Gasteiger partial charge is 0.180 e. The van der Waals surface area contributed by atoms with Crippen molar-refractivity contribution < 1.29 is 19.7 Å². The van der Waals surface area contributed by atoms with Crippen molar-refractivity contribution in [3.8, 4) is 11.5 Å². The highest BCUT2D eigenvalue weighted by Gasteiger charge is 2.53. The molecule has 0 aromatic heterocycles. The zero-order valence-electron chi connectivity index (χ0n) is 23.6. The molecule has 0 amide bonds. The van der Waals surface area contributed by atoms with Crippen LogP contribution < -0.4 is 20.1 Å². The monoisotopic (exact) mass is 538 g/mol. The van der Waals surface area contributed by atoms with Crippen LogP contribution in [-0.4, -0.2) is 33.9 Å². The number of anilines is 2. The lowest BCUT2D eigenvalue weighted by Crippen LogP contribution is -2.53. The van der Waals surface area contributed by atoms with Crippen LogP contribution in [0.5, 0.6) is 11.5 Å². The summed E-state index contributed by atoms with van der Waals surface area (Å²) in [6.45, 7) is 8.48. The van der Waals surface area contributed by atoms with Gasteiger partial charge in [0, 0.05) is 48.3 Å². The molecule has 4 N–H and O–H groups in total. The van der Waals surface area contributed by atoms with Gasteiger partial charge in [-0.3, -0.25) is 0 Å². The molecule has 1 fully saturated rings. The summed E-state index contributed by atoms with van der Waals surface area (Å²) in [5, 5.41) is 35.2. The summed E-state index contributed by atoms with van der Waals surface area (Å²) >= 11 is 0. The van der Waals surface area contributed by atoms with E-state index in [2.05, 4.69) is 74.7 Å². The van der Waals surface area contributed by atoms with Gasteiger partial charge in [-0.15, -0.1) is 0 Å². The van der Waals surface area contributed by atoms with Crippen LogP contribution in [0, 0.1) is 0 Å². The van der Waals surface area contributed by atoms with E-state index in [-0.39, 0.29) is 0 Å². The molecule has 0 saturated heterocycles. The van der Waals surface area contributed by atoms with Crippen molar-refractivity contribution in [1.29, 1.82) is 0 Å². The van der Waals surface area contributed by atoms with Crippen LogP contribution in [0.4, 0.5) is 11.4 Å². The first-order chi connectivity index (χ1) is 19.4. The van der Waals surface area contributed by atoms with E-state index in [0.717, 1.165) is 81.2 Å². The van der Waals surface area contributed by atoms with Crippen molar-refractivity contribution >= 4 is 32.9 Å². The number of ether oxygens (including phenoxy) is 2. The Morgan fingerprint density at radius 2 is 1.00 bits per heavy atom. The zero-order valence-corrected chi connectivity index (χ0v) is 23.6. The van der Waals surface area contributed by atoms with Crippen LogP contribution in [0.2, 0.25) is 0 Å². The first-order valence-corrected chi connectivity index (χ1v) is 14.8. The lowest BCUT2D eigenvalue weighted by molar-refractivity contribution is -0.0783. The average Bonchev–Trinajstić information content (AvgIpc) is 2.99. The maximum Gasteiger partial charge on any atom is 0.180 e. The molecule has 0 spiro atoms. The number of nitrogens with one attached hydrogen (secondary N) is 2. The van der Waals surface area contributed by atoms with Crippen molar-refractivity contribution in [2.75, 3.05) is 10.6 Å². The zero-order chi connectivity index (χ0) is 27.8. The van der Waals surface area contributed by atoms with Gasteiger partial charge in [0.1, 0.15) is 11.5 Å². The first-order valence-electron chi connectivity index (χ1n) is 14.8. The Labute approximate surface area is 235 Å². The van der Waals surface area contributed by atoms with Gasteiger partial charge in [-0.25, -0.2) is 0 Å². The van der Waals surface area contributed by atoms with Crippen LogP contribution in [-0.2, 0) is 0 Å². The SMILES string of the molecule is CCC1(CC)Nc2c(C3C(O)C(c4ccc5cccc6c5c4NC(CC)(CC)O6)C3O)ccc3cccc(c23)O1. The highest BCUT2D eigenvalue weighted by Crippen LogP contribution is 2.56. The van der Waals surface area contributed by atoms with Gasteiger partial charge in [0.2, 0.25) is 0 Å². The molecule has 4 aromatic carbocycles. The molecule has 6 nitrogen and oxygen atoms in total. The number of aliphatic hydroxyl groups excluding tert-OH is 2. The van der Waals surface area contributed by atoms with Crippen LogP contribution >= 0.6 is 0 Å². The molecule has 0 radical (unpaired) electrons. The quantitative estimate of drug-likeness (QED) is 0.207. The number of rotatable bonds is 6. The van der Waals surface area contributed by atoms with Crippen LogP contribution in [0.25, 0.3) is 21.5 Å². The molecule has 4 aromatic rings. The van der Waals surface area contributed by atoms with Crippen LogP contribution in [0.3, 0.4) is 0 Å². The lowest BCUT2D eigenvalue weighted by Gasteiger charge is -2.50. The molecule has 0 unspecified atom stereocenters. The standard InChI is InChI=1S/C34H38N2O4/c1-5-33(6-2)35-29-21(17-15-19-11-9-13-23(39-33)25(19)29)27-31(37)28(32(27)38)22-18-16-20-12-10-14-24-26(20)30(22)36-34(7-3,8-4)40-24/h9-18,27-28,31-32,35-38H,5-8H2,1-4H3. The van der Waals surface area contributed by atoms with Crippen LogP contribution in [0.1, 0.15) is 76.3 Å². The minimum Gasteiger partial charge on any atom is -0.467 e. The Hall–Kier alpha value is -3.48. The number of hydrogen-bond donors (Lipinski definition) is 4. The predicted octanol–water partition coefficient (Wildman–Crippen LogP) is 7.24. The fourth-order valence-corrected chi connectivity index (χ4v) is 7.23. The molecule has 1 aliphatic carbocycles. The minimum atomic E-state index is -0.749. The summed E-state index contributed by atoms with van der Waals surface area (Å²) in [6.07, 6.45) is 1.67. The highest BCUT2D eigenvalue weighted by atomic mass is 16.5. The second-order valence-corrected chi connectivity index (χ2v) is 11.7. The second kappa shape index (κ2) is 9.02. The lowest BCUT2D eigenvalue weighted by atomic mass is 9.62. The predicted molar refractivity (Wildman–Crippen MR) is 161 cm³/mol.